The summed E-state index contributed by atoms with van der Waals surface area (Å²) in [5, 5.41) is 3.21. The van der Waals surface area contributed by atoms with Crippen molar-refractivity contribution >= 4 is 5.91 Å². The van der Waals surface area contributed by atoms with E-state index in [0.717, 1.165) is 13.0 Å². The molecule has 0 bridgehead atoms. The van der Waals surface area contributed by atoms with Crippen LogP contribution in [0, 0.1) is 0 Å². The number of rotatable bonds is 4. The lowest BCUT2D eigenvalue weighted by molar-refractivity contribution is -0.130. The van der Waals surface area contributed by atoms with E-state index in [4.69, 9.17) is 4.74 Å². The molecule has 2 atom stereocenters. The molecule has 4 heteroatoms. The Balaban J connectivity index is 1.78. The Bertz CT molecular complexity index is 392. The fourth-order valence-corrected chi connectivity index (χ4v) is 2.12. The van der Waals surface area contributed by atoms with Gasteiger partial charge in [0.1, 0.15) is 0 Å². The highest BCUT2D eigenvalue weighted by atomic mass is 16.5. The first-order chi connectivity index (χ1) is 8.66. The minimum atomic E-state index is -0.0965. The molecule has 0 unspecified atom stereocenters. The van der Waals surface area contributed by atoms with Crippen LogP contribution in [0.1, 0.15) is 12.0 Å². The van der Waals surface area contributed by atoms with Crippen LogP contribution in [0.15, 0.2) is 30.3 Å². The van der Waals surface area contributed by atoms with Crippen LogP contribution in [0.25, 0.3) is 0 Å². The van der Waals surface area contributed by atoms with Crippen LogP contribution in [-0.2, 0) is 16.1 Å². The Morgan fingerprint density at radius 1 is 1.39 bits per heavy atom. The number of carbonyl (C=O) groups excluding carboxylic acids is 1. The van der Waals surface area contributed by atoms with Gasteiger partial charge >= 0.3 is 0 Å². The van der Waals surface area contributed by atoms with Gasteiger partial charge in [0, 0.05) is 20.6 Å². The zero-order chi connectivity index (χ0) is 13.0. The second-order valence-electron chi connectivity index (χ2n) is 4.85. The predicted octanol–water partition coefficient (Wildman–Crippen LogP) is 1.02. The first-order valence-electron chi connectivity index (χ1n) is 6.27. The van der Waals surface area contributed by atoms with Crippen LogP contribution < -0.4 is 5.32 Å². The predicted molar refractivity (Wildman–Crippen MR) is 70.1 cm³/mol. The monoisotopic (exact) mass is 248 g/mol. The molecule has 0 saturated carbocycles. The normalized spacial score (nSPS) is 23.0. The highest BCUT2D eigenvalue weighted by molar-refractivity contribution is 5.81. The van der Waals surface area contributed by atoms with Crippen LogP contribution in [0.2, 0.25) is 0 Å². The van der Waals surface area contributed by atoms with Gasteiger partial charge in [0.2, 0.25) is 5.91 Å². The summed E-state index contributed by atoms with van der Waals surface area (Å²) < 4.78 is 5.82. The highest BCUT2D eigenvalue weighted by Crippen LogP contribution is 2.14. The van der Waals surface area contributed by atoms with Crippen LogP contribution in [0.4, 0.5) is 0 Å². The zero-order valence-electron chi connectivity index (χ0n) is 10.9. The van der Waals surface area contributed by atoms with Gasteiger partial charge in [-0.2, -0.15) is 0 Å². The summed E-state index contributed by atoms with van der Waals surface area (Å²) in [7, 11) is 3.56. The van der Waals surface area contributed by atoms with Gasteiger partial charge in [-0.05, 0) is 12.0 Å². The van der Waals surface area contributed by atoms with Crippen molar-refractivity contribution in [2.75, 3.05) is 20.6 Å². The first-order valence-corrected chi connectivity index (χ1v) is 6.27. The third kappa shape index (κ3) is 3.31. The molecule has 2 rings (SSSR count). The molecule has 18 heavy (non-hydrogen) atoms. The van der Waals surface area contributed by atoms with Crippen molar-refractivity contribution in [3.8, 4) is 0 Å². The minimum absolute atomic E-state index is 0.0965. The summed E-state index contributed by atoms with van der Waals surface area (Å²) in [5.41, 5.74) is 1.17. The smallest absolute Gasteiger partial charge is 0.239 e. The third-order valence-corrected chi connectivity index (χ3v) is 3.16. The summed E-state index contributed by atoms with van der Waals surface area (Å²) in [5.74, 6) is 0.126. The van der Waals surface area contributed by atoms with E-state index in [1.807, 2.05) is 30.3 Å². The molecule has 0 radical (unpaired) electrons. The number of ether oxygens (including phenoxy) is 1. The molecule has 0 spiro atoms. The lowest BCUT2D eigenvalue weighted by Gasteiger charge is -2.16. The molecule has 1 heterocycles. The van der Waals surface area contributed by atoms with Crippen molar-refractivity contribution in [2.45, 2.75) is 25.2 Å². The van der Waals surface area contributed by atoms with E-state index >= 15 is 0 Å². The summed E-state index contributed by atoms with van der Waals surface area (Å²) in [6.07, 6.45) is 0.878. The molecule has 1 saturated heterocycles. The Morgan fingerprint density at radius 2 is 2.11 bits per heavy atom. The number of amides is 1. The molecule has 1 aromatic carbocycles. The second-order valence-corrected chi connectivity index (χ2v) is 4.85. The number of hydrogen-bond acceptors (Lipinski definition) is 3. The van der Waals surface area contributed by atoms with Gasteiger partial charge < -0.3 is 15.0 Å². The summed E-state index contributed by atoms with van der Waals surface area (Å²) in [6.45, 7) is 1.35. The average molecular weight is 248 g/mol. The number of benzene rings is 1. The first kappa shape index (κ1) is 13.1. The Labute approximate surface area is 108 Å². The fourth-order valence-electron chi connectivity index (χ4n) is 2.12. The van der Waals surface area contributed by atoms with E-state index in [2.05, 4.69) is 5.32 Å². The summed E-state index contributed by atoms with van der Waals surface area (Å²) in [4.78, 5) is 13.4. The molecule has 1 aromatic rings. The summed E-state index contributed by atoms with van der Waals surface area (Å²) in [6, 6.07) is 10.00. The molecule has 1 N–H and O–H groups in total. The van der Waals surface area contributed by atoms with Gasteiger partial charge in [-0.3, -0.25) is 4.79 Å². The number of nitrogens with one attached hydrogen (secondary N) is 1. The SMILES string of the molecule is CN(C)C(=O)[C@@H]1C[C@@H](OCc2ccccc2)CN1. The quantitative estimate of drug-likeness (QED) is 0.865. The Kier molecular flexibility index (Phi) is 4.33. The van der Waals surface area contributed by atoms with Gasteiger partial charge in [-0.1, -0.05) is 30.3 Å². The summed E-state index contributed by atoms with van der Waals surface area (Å²) >= 11 is 0. The van der Waals surface area contributed by atoms with Gasteiger partial charge in [0.05, 0.1) is 18.8 Å². The largest absolute Gasteiger partial charge is 0.372 e. The molecular formula is C14H20N2O2. The molecule has 1 fully saturated rings. The van der Waals surface area contributed by atoms with E-state index in [1.165, 1.54) is 5.56 Å². The zero-order valence-corrected chi connectivity index (χ0v) is 10.9. The number of likely N-dealkylation sites (N-methyl/N-ethyl adjacent to an activating group) is 1. The molecule has 1 aliphatic rings. The van der Waals surface area contributed by atoms with Gasteiger partial charge in [-0.25, -0.2) is 0 Å². The van der Waals surface area contributed by atoms with E-state index in [-0.39, 0.29) is 18.1 Å². The molecule has 1 amide bonds. The molecule has 98 valence electrons. The number of nitrogens with zero attached hydrogens (tertiary/aromatic N) is 1. The van der Waals surface area contributed by atoms with Gasteiger partial charge in [0.15, 0.2) is 0 Å². The van der Waals surface area contributed by atoms with Crippen molar-refractivity contribution in [3.63, 3.8) is 0 Å². The van der Waals surface area contributed by atoms with E-state index in [1.54, 1.807) is 19.0 Å². The minimum Gasteiger partial charge on any atom is -0.372 e. The number of hydrogen-bond donors (Lipinski definition) is 1. The van der Waals surface area contributed by atoms with E-state index in [9.17, 15) is 4.79 Å². The van der Waals surface area contributed by atoms with E-state index < -0.39 is 0 Å². The number of carbonyl (C=O) groups is 1. The van der Waals surface area contributed by atoms with Crippen LogP contribution in [0.3, 0.4) is 0 Å². The lowest BCUT2D eigenvalue weighted by atomic mass is 10.2. The maximum Gasteiger partial charge on any atom is 0.239 e. The third-order valence-electron chi connectivity index (χ3n) is 3.16. The fraction of sp³-hybridized carbons (Fsp3) is 0.500. The van der Waals surface area contributed by atoms with E-state index in [0.29, 0.717) is 6.61 Å². The van der Waals surface area contributed by atoms with Crippen molar-refractivity contribution in [3.05, 3.63) is 35.9 Å². The van der Waals surface area contributed by atoms with Crippen molar-refractivity contribution in [1.82, 2.24) is 10.2 Å². The standard InChI is InChI=1S/C14H20N2O2/c1-16(2)14(17)13-8-12(9-15-13)18-10-11-6-4-3-5-7-11/h3-7,12-13,15H,8-10H2,1-2H3/t12-,13+/m1/s1. The average Bonchev–Trinajstić information content (AvgIpc) is 2.85. The van der Waals surface area contributed by atoms with Gasteiger partial charge in [-0.15, -0.1) is 0 Å². The topological polar surface area (TPSA) is 41.6 Å². The highest BCUT2D eigenvalue weighted by Gasteiger charge is 2.30. The molecular weight excluding hydrogens is 228 g/mol. The van der Waals surface area contributed by atoms with Crippen molar-refractivity contribution < 1.29 is 9.53 Å². The van der Waals surface area contributed by atoms with Gasteiger partial charge in [0.25, 0.3) is 0 Å². The molecule has 1 aliphatic heterocycles. The molecule has 4 nitrogen and oxygen atoms in total. The molecule has 0 aromatic heterocycles. The second kappa shape index (κ2) is 5.98. The van der Waals surface area contributed by atoms with Crippen molar-refractivity contribution in [1.29, 1.82) is 0 Å². The Hall–Kier alpha value is -1.39. The maximum absolute atomic E-state index is 11.8. The Morgan fingerprint density at radius 3 is 2.78 bits per heavy atom. The van der Waals surface area contributed by atoms with Crippen LogP contribution in [-0.4, -0.2) is 43.6 Å². The van der Waals surface area contributed by atoms with Crippen LogP contribution >= 0.6 is 0 Å². The lowest BCUT2D eigenvalue weighted by Crippen LogP contribution is -2.39. The molecule has 0 aliphatic carbocycles. The van der Waals surface area contributed by atoms with Crippen molar-refractivity contribution in [2.24, 2.45) is 0 Å². The van der Waals surface area contributed by atoms with Crippen LogP contribution in [0.5, 0.6) is 0 Å². The maximum atomic E-state index is 11.8.